The molecule has 7 nitrogen and oxygen atoms in total. The molecule has 10 heteroatoms. The summed E-state index contributed by atoms with van der Waals surface area (Å²) < 4.78 is 23.4. The summed E-state index contributed by atoms with van der Waals surface area (Å²) in [6.45, 7) is 3.90. The van der Waals surface area contributed by atoms with Gasteiger partial charge in [0.15, 0.2) is 0 Å². The van der Waals surface area contributed by atoms with E-state index in [1.165, 1.54) is 14.0 Å². The molecule has 0 spiro atoms. The minimum absolute atomic E-state index is 0.0567. The fourth-order valence-corrected chi connectivity index (χ4v) is 4.40. The summed E-state index contributed by atoms with van der Waals surface area (Å²) in [6.07, 6.45) is 0.745. The largest absolute Gasteiger partial charge is 0.469 e. The van der Waals surface area contributed by atoms with Crippen molar-refractivity contribution in [1.29, 1.82) is 0 Å². The second kappa shape index (κ2) is 16.7. The highest BCUT2D eigenvalue weighted by molar-refractivity contribution is 7.82. The van der Waals surface area contributed by atoms with Crippen LogP contribution in [0.15, 0.2) is 54.6 Å². The highest BCUT2D eigenvalue weighted by atomic mass is 35.5. The molecule has 0 radical (unpaired) electrons. The van der Waals surface area contributed by atoms with Crippen molar-refractivity contribution in [1.82, 2.24) is 9.21 Å². The van der Waals surface area contributed by atoms with E-state index >= 15 is 0 Å². The molecule has 3 atom stereocenters. The summed E-state index contributed by atoms with van der Waals surface area (Å²) in [6, 6.07) is 16.6. The van der Waals surface area contributed by atoms with Crippen LogP contribution < -0.4 is 0 Å². The van der Waals surface area contributed by atoms with Crippen LogP contribution in [0.25, 0.3) is 0 Å². The van der Waals surface area contributed by atoms with Gasteiger partial charge in [0, 0.05) is 23.0 Å². The van der Waals surface area contributed by atoms with Crippen LogP contribution in [0, 0.1) is 0 Å². The molecular weight excluding hydrogens is 511 g/mol. The lowest BCUT2D eigenvalue weighted by molar-refractivity contribution is -0.151. The van der Waals surface area contributed by atoms with Gasteiger partial charge in [-0.1, -0.05) is 60.5 Å². The second-order valence-electron chi connectivity index (χ2n) is 7.74. The molecule has 1 amide bonds. The van der Waals surface area contributed by atoms with Crippen LogP contribution in [-0.2, 0) is 30.0 Å². The van der Waals surface area contributed by atoms with E-state index in [-0.39, 0.29) is 30.6 Å². The Hall–Kier alpha value is -1.97. The van der Waals surface area contributed by atoms with E-state index in [1.54, 1.807) is 18.4 Å². The first-order valence-corrected chi connectivity index (χ1v) is 13.1. The van der Waals surface area contributed by atoms with Crippen LogP contribution in [0.4, 0.5) is 0 Å². The number of hydrogen-bond acceptors (Lipinski definition) is 5. The number of hydrogen-bond donors (Lipinski definition) is 0. The topological polar surface area (TPSA) is 76.2 Å². The monoisotopic (exact) mass is 544 g/mol. The maximum atomic E-state index is 12.5. The third-order valence-corrected chi connectivity index (χ3v) is 7.00. The molecule has 194 valence electrons. The Labute approximate surface area is 220 Å². The molecule has 2 aromatic carbocycles. The number of ether oxygens (including phenoxy) is 2. The summed E-state index contributed by atoms with van der Waals surface area (Å²) in [4.78, 5) is 23.9. The van der Waals surface area contributed by atoms with Gasteiger partial charge >= 0.3 is 5.97 Å². The van der Waals surface area contributed by atoms with Gasteiger partial charge in [0.05, 0.1) is 36.5 Å². The molecule has 0 N–H and O–H groups in total. The molecule has 0 aromatic heterocycles. The lowest BCUT2D eigenvalue weighted by atomic mass is 10.0. The Bertz CT molecular complexity index is 929. The van der Waals surface area contributed by atoms with E-state index in [0.717, 1.165) is 17.0 Å². The Morgan fingerprint density at radius 1 is 1.14 bits per heavy atom. The van der Waals surface area contributed by atoms with Crippen molar-refractivity contribution in [3.8, 4) is 0 Å². The summed E-state index contributed by atoms with van der Waals surface area (Å²) in [5.74, 6) is 0.128. The maximum Gasteiger partial charge on any atom is 0.302 e. The molecule has 1 fully saturated rings. The van der Waals surface area contributed by atoms with Crippen molar-refractivity contribution < 1.29 is 23.3 Å². The van der Waals surface area contributed by atoms with Gasteiger partial charge in [-0.25, -0.2) is 8.51 Å². The van der Waals surface area contributed by atoms with Gasteiger partial charge in [0.2, 0.25) is 5.91 Å². The number of rotatable bonds is 6. The predicted molar refractivity (Wildman–Crippen MR) is 142 cm³/mol. The molecular formula is C25H34Cl2N2O5S. The van der Waals surface area contributed by atoms with Crippen molar-refractivity contribution in [3.63, 3.8) is 0 Å². The van der Waals surface area contributed by atoms with E-state index in [0.29, 0.717) is 17.4 Å². The van der Waals surface area contributed by atoms with E-state index < -0.39 is 11.0 Å². The number of halogens is 2. The Kier molecular flexibility index (Phi) is 14.8. The van der Waals surface area contributed by atoms with Crippen LogP contribution in [0.3, 0.4) is 0 Å². The van der Waals surface area contributed by atoms with Gasteiger partial charge in [0.1, 0.15) is 6.61 Å². The SMILES string of the molecule is CC[C@@H](CS(=O)N(C)C)N1C(=O)COC[C@H]1c1ccc(Cl)cc1.COC(C)=O.Clc1ccccc1. The third kappa shape index (κ3) is 11.5. The average molecular weight is 546 g/mol. The molecule has 1 heterocycles. The van der Waals surface area contributed by atoms with Crippen LogP contribution in [0.5, 0.6) is 0 Å². The summed E-state index contributed by atoms with van der Waals surface area (Å²) in [5, 5.41) is 1.45. The zero-order chi connectivity index (χ0) is 26.4. The normalized spacial score (nSPS) is 16.9. The molecule has 0 saturated carbocycles. The van der Waals surface area contributed by atoms with Crippen molar-refractivity contribution in [2.24, 2.45) is 0 Å². The maximum absolute atomic E-state index is 12.5. The molecule has 1 aliphatic rings. The molecule has 0 bridgehead atoms. The summed E-state index contributed by atoms with van der Waals surface area (Å²) in [7, 11) is 3.79. The zero-order valence-electron chi connectivity index (χ0n) is 20.8. The molecule has 1 saturated heterocycles. The highest BCUT2D eigenvalue weighted by Crippen LogP contribution is 2.29. The molecule has 3 rings (SSSR count). The lowest BCUT2D eigenvalue weighted by Gasteiger charge is -2.41. The number of amides is 1. The van der Waals surface area contributed by atoms with Crippen LogP contribution in [0.1, 0.15) is 31.9 Å². The number of esters is 1. The Morgan fingerprint density at radius 2 is 1.69 bits per heavy atom. The molecule has 2 aromatic rings. The standard InChI is InChI=1S/C16H23ClN2O3S.C6H5Cl.C3H6O2/c1-4-14(11-23(21)18(2)3)19-15(9-22-10-16(19)20)12-5-7-13(17)8-6-12;7-6-4-2-1-3-5-6;1-3(4)5-2/h5-8,14-15H,4,9-11H2,1-3H3;1-5H;1-2H3/t14-,15-,23?;;/m0../s1. The molecule has 1 aliphatic heterocycles. The van der Waals surface area contributed by atoms with E-state index in [2.05, 4.69) is 4.74 Å². The van der Waals surface area contributed by atoms with Gasteiger partial charge in [-0.3, -0.25) is 9.59 Å². The average Bonchev–Trinajstić information content (AvgIpc) is 2.84. The number of morpholine rings is 1. The fraction of sp³-hybridized carbons (Fsp3) is 0.440. The van der Waals surface area contributed by atoms with Crippen molar-refractivity contribution in [2.45, 2.75) is 32.4 Å². The van der Waals surface area contributed by atoms with Crippen LogP contribution >= 0.6 is 23.2 Å². The zero-order valence-corrected chi connectivity index (χ0v) is 23.1. The lowest BCUT2D eigenvalue weighted by Crippen LogP contribution is -2.51. The Morgan fingerprint density at radius 3 is 2.11 bits per heavy atom. The van der Waals surface area contributed by atoms with Gasteiger partial charge < -0.3 is 14.4 Å². The van der Waals surface area contributed by atoms with Crippen molar-refractivity contribution in [2.75, 3.05) is 40.2 Å². The summed E-state index contributed by atoms with van der Waals surface area (Å²) >= 11 is 11.5. The predicted octanol–water partition coefficient (Wildman–Crippen LogP) is 4.76. The van der Waals surface area contributed by atoms with E-state index in [9.17, 15) is 13.8 Å². The van der Waals surface area contributed by atoms with Gasteiger partial charge in [-0.2, -0.15) is 0 Å². The second-order valence-corrected chi connectivity index (χ2v) is 10.3. The van der Waals surface area contributed by atoms with Crippen molar-refractivity contribution >= 4 is 46.1 Å². The van der Waals surface area contributed by atoms with Crippen LogP contribution in [-0.4, -0.2) is 71.5 Å². The minimum Gasteiger partial charge on any atom is -0.469 e. The smallest absolute Gasteiger partial charge is 0.302 e. The molecule has 35 heavy (non-hydrogen) atoms. The first kappa shape index (κ1) is 31.1. The van der Waals surface area contributed by atoms with Gasteiger partial charge in [-0.15, -0.1) is 0 Å². The quantitative estimate of drug-likeness (QED) is 0.490. The number of benzene rings is 2. The first-order chi connectivity index (χ1) is 16.6. The number of methoxy groups -OCH3 is 1. The minimum atomic E-state index is -1.12. The Balaban J connectivity index is 0.000000417. The third-order valence-electron chi connectivity index (χ3n) is 5.01. The van der Waals surface area contributed by atoms with Gasteiger partial charge in [-0.05, 0) is 50.3 Å². The first-order valence-electron chi connectivity index (χ1n) is 11.1. The van der Waals surface area contributed by atoms with Crippen molar-refractivity contribution in [3.05, 3.63) is 70.2 Å². The molecule has 1 unspecified atom stereocenters. The number of carbonyl (C=O) groups is 2. The number of carbonyl (C=O) groups excluding carboxylic acids is 2. The molecule has 0 aliphatic carbocycles. The fourth-order valence-electron chi connectivity index (χ4n) is 3.11. The highest BCUT2D eigenvalue weighted by Gasteiger charge is 2.35. The number of nitrogens with zero attached hydrogens (tertiary/aromatic N) is 2. The van der Waals surface area contributed by atoms with E-state index in [1.807, 2.05) is 66.4 Å². The van der Waals surface area contributed by atoms with Crippen LogP contribution in [0.2, 0.25) is 10.0 Å². The van der Waals surface area contributed by atoms with Gasteiger partial charge in [0.25, 0.3) is 0 Å². The van der Waals surface area contributed by atoms with E-state index in [4.69, 9.17) is 27.9 Å². The summed E-state index contributed by atoms with van der Waals surface area (Å²) in [5.41, 5.74) is 0.983.